The highest BCUT2D eigenvalue weighted by atomic mass is 32.2. The van der Waals surface area contributed by atoms with E-state index >= 15 is 0 Å². The van der Waals surface area contributed by atoms with E-state index in [-0.39, 0.29) is 17.0 Å². The van der Waals surface area contributed by atoms with Gasteiger partial charge in [0.2, 0.25) is 0 Å². The van der Waals surface area contributed by atoms with Crippen LogP contribution in [-0.4, -0.2) is 35.8 Å². The van der Waals surface area contributed by atoms with Crippen molar-refractivity contribution in [1.82, 2.24) is 10.2 Å². The number of aliphatic hydroxyl groups excluding tert-OH is 1. The first-order valence-electron chi connectivity index (χ1n) is 6.57. The molecule has 1 aromatic carbocycles. The van der Waals surface area contributed by atoms with Crippen LogP contribution in [0.25, 0.3) is 0 Å². The van der Waals surface area contributed by atoms with E-state index in [1.54, 1.807) is 0 Å². The first-order chi connectivity index (χ1) is 11.0. The molecule has 0 spiro atoms. The Kier molecular flexibility index (Phi) is 4.55. The Hall–Kier alpha value is -2.20. The number of nitrogens with one attached hydrogen (secondary N) is 1. The Bertz CT molecular complexity index is 901. The first kappa shape index (κ1) is 18.1. The summed E-state index contributed by atoms with van der Waals surface area (Å²) < 4.78 is 62.2. The number of aromatic nitrogens is 2. The highest BCUT2D eigenvalue weighted by Crippen LogP contribution is 2.33. The lowest BCUT2D eigenvalue weighted by molar-refractivity contribution is -0.137. The molecule has 0 saturated heterocycles. The van der Waals surface area contributed by atoms with Crippen LogP contribution in [0.4, 0.5) is 13.2 Å². The predicted octanol–water partition coefficient (Wildman–Crippen LogP) is 1.86. The lowest BCUT2D eigenvalue weighted by atomic mass is 10.00. The van der Waals surface area contributed by atoms with Gasteiger partial charge in [-0.2, -0.15) is 18.3 Å². The van der Waals surface area contributed by atoms with Crippen molar-refractivity contribution in [2.45, 2.75) is 24.6 Å². The number of sulfone groups is 1. The highest BCUT2D eigenvalue weighted by molar-refractivity contribution is 7.90. The Balaban J connectivity index is 2.70. The standard InChI is InChI=1S/C14H13F3N2O4S/c1-7-12(10(6-20)19-18-7)13(21)9-4-3-8(14(15,16)17)5-11(9)24(2,22)23/h3-5,20H,6H2,1-2H3,(H,18,19). The number of aryl methyl sites for hydroxylation is 1. The van der Waals surface area contributed by atoms with Gasteiger partial charge in [-0.25, -0.2) is 8.42 Å². The van der Waals surface area contributed by atoms with Crippen LogP contribution >= 0.6 is 0 Å². The molecule has 130 valence electrons. The second kappa shape index (κ2) is 6.02. The Morgan fingerprint density at radius 1 is 1.33 bits per heavy atom. The molecule has 6 nitrogen and oxygen atoms in total. The molecule has 10 heteroatoms. The SMILES string of the molecule is Cc1[nH]nc(CO)c1C(=O)c1ccc(C(F)(F)F)cc1S(C)(=O)=O. The molecule has 0 unspecified atom stereocenters. The third-order valence-corrected chi connectivity index (χ3v) is 4.49. The number of nitrogens with zero attached hydrogens (tertiary/aromatic N) is 1. The normalized spacial score (nSPS) is 12.4. The molecule has 2 rings (SSSR count). The molecule has 24 heavy (non-hydrogen) atoms. The number of hydrogen-bond acceptors (Lipinski definition) is 5. The molecule has 0 amide bonds. The minimum atomic E-state index is -4.75. The van der Waals surface area contributed by atoms with E-state index in [0.29, 0.717) is 18.4 Å². The van der Waals surface area contributed by atoms with Gasteiger partial charge >= 0.3 is 6.18 Å². The van der Waals surface area contributed by atoms with E-state index in [0.717, 1.165) is 6.07 Å². The molecule has 0 fully saturated rings. The largest absolute Gasteiger partial charge is 0.416 e. The van der Waals surface area contributed by atoms with Gasteiger partial charge in [0.1, 0.15) is 0 Å². The van der Waals surface area contributed by atoms with E-state index in [9.17, 15) is 31.5 Å². The second-order valence-electron chi connectivity index (χ2n) is 5.14. The van der Waals surface area contributed by atoms with Gasteiger partial charge in [0.05, 0.1) is 28.3 Å². The summed E-state index contributed by atoms with van der Waals surface area (Å²) in [6, 6.07) is 1.88. The zero-order valence-corrected chi connectivity index (χ0v) is 13.4. The van der Waals surface area contributed by atoms with Gasteiger partial charge in [-0.05, 0) is 25.1 Å². The summed E-state index contributed by atoms with van der Waals surface area (Å²) >= 11 is 0. The molecule has 0 aliphatic carbocycles. The number of halogens is 3. The van der Waals surface area contributed by atoms with Crippen molar-refractivity contribution in [3.05, 3.63) is 46.3 Å². The Labute approximate surface area is 135 Å². The van der Waals surface area contributed by atoms with Crippen LogP contribution in [0.1, 0.15) is 32.9 Å². The van der Waals surface area contributed by atoms with Crippen LogP contribution in [0, 0.1) is 6.92 Å². The quantitative estimate of drug-likeness (QED) is 0.809. The summed E-state index contributed by atoms with van der Waals surface area (Å²) in [5.74, 6) is -0.834. The number of H-pyrrole nitrogens is 1. The monoisotopic (exact) mass is 362 g/mol. The number of hydrogen-bond donors (Lipinski definition) is 2. The maximum absolute atomic E-state index is 12.8. The molecular weight excluding hydrogens is 349 g/mol. The molecule has 1 aromatic heterocycles. The lowest BCUT2D eigenvalue weighted by Gasteiger charge is -2.12. The number of carbonyl (C=O) groups is 1. The summed E-state index contributed by atoms with van der Waals surface area (Å²) in [7, 11) is -4.10. The summed E-state index contributed by atoms with van der Waals surface area (Å²) in [5, 5.41) is 15.4. The third-order valence-electron chi connectivity index (χ3n) is 3.35. The van der Waals surface area contributed by atoms with Gasteiger partial charge < -0.3 is 5.11 Å². The van der Waals surface area contributed by atoms with Gasteiger partial charge in [0, 0.05) is 17.5 Å². The van der Waals surface area contributed by atoms with E-state index < -0.39 is 44.4 Å². The van der Waals surface area contributed by atoms with Crippen molar-refractivity contribution in [2.24, 2.45) is 0 Å². The lowest BCUT2D eigenvalue weighted by Crippen LogP contribution is -2.14. The molecule has 0 saturated carbocycles. The number of benzene rings is 1. The van der Waals surface area contributed by atoms with Crippen LogP contribution in [-0.2, 0) is 22.6 Å². The van der Waals surface area contributed by atoms with Crippen molar-refractivity contribution in [3.8, 4) is 0 Å². The Morgan fingerprint density at radius 3 is 2.46 bits per heavy atom. The molecule has 1 heterocycles. The van der Waals surface area contributed by atoms with Crippen molar-refractivity contribution in [1.29, 1.82) is 0 Å². The van der Waals surface area contributed by atoms with Crippen LogP contribution in [0.2, 0.25) is 0 Å². The first-order valence-corrected chi connectivity index (χ1v) is 8.46. The number of rotatable bonds is 4. The van der Waals surface area contributed by atoms with Crippen LogP contribution in [0.5, 0.6) is 0 Å². The molecular formula is C14H13F3N2O4S. The fourth-order valence-corrected chi connectivity index (χ4v) is 3.12. The van der Waals surface area contributed by atoms with Gasteiger partial charge in [0.25, 0.3) is 0 Å². The Morgan fingerprint density at radius 2 is 1.96 bits per heavy atom. The summed E-state index contributed by atoms with van der Waals surface area (Å²) in [4.78, 5) is 11.9. The molecule has 0 aliphatic rings. The van der Waals surface area contributed by atoms with Crippen molar-refractivity contribution in [3.63, 3.8) is 0 Å². The van der Waals surface area contributed by atoms with E-state index in [4.69, 9.17) is 0 Å². The molecule has 2 aromatic rings. The minimum Gasteiger partial charge on any atom is -0.390 e. The predicted molar refractivity (Wildman–Crippen MR) is 77.2 cm³/mol. The molecule has 0 atom stereocenters. The molecule has 0 radical (unpaired) electrons. The average molecular weight is 362 g/mol. The third kappa shape index (κ3) is 3.34. The highest BCUT2D eigenvalue weighted by Gasteiger charge is 2.33. The van der Waals surface area contributed by atoms with E-state index in [2.05, 4.69) is 10.2 Å². The number of alkyl halides is 3. The zero-order chi connectivity index (χ0) is 18.3. The van der Waals surface area contributed by atoms with E-state index in [1.165, 1.54) is 6.92 Å². The topological polar surface area (TPSA) is 100 Å². The summed E-state index contributed by atoms with van der Waals surface area (Å²) in [6.07, 6.45) is -4.03. The van der Waals surface area contributed by atoms with Crippen LogP contribution in [0.15, 0.2) is 23.1 Å². The zero-order valence-electron chi connectivity index (χ0n) is 12.6. The molecule has 0 aliphatic heterocycles. The van der Waals surface area contributed by atoms with Crippen molar-refractivity contribution in [2.75, 3.05) is 6.26 Å². The number of ketones is 1. The number of aliphatic hydroxyl groups is 1. The van der Waals surface area contributed by atoms with Gasteiger partial charge in [-0.15, -0.1) is 0 Å². The van der Waals surface area contributed by atoms with Crippen LogP contribution < -0.4 is 0 Å². The van der Waals surface area contributed by atoms with E-state index in [1.807, 2.05) is 0 Å². The summed E-state index contributed by atoms with van der Waals surface area (Å²) in [5.41, 5.74) is -1.40. The smallest absolute Gasteiger partial charge is 0.390 e. The van der Waals surface area contributed by atoms with Crippen molar-refractivity contribution >= 4 is 15.6 Å². The maximum Gasteiger partial charge on any atom is 0.416 e. The maximum atomic E-state index is 12.8. The second-order valence-corrected chi connectivity index (χ2v) is 7.12. The summed E-state index contributed by atoms with van der Waals surface area (Å²) in [6.45, 7) is 0.893. The van der Waals surface area contributed by atoms with Gasteiger partial charge in [0.15, 0.2) is 15.6 Å². The molecule has 2 N–H and O–H groups in total. The number of carbonyl (C=O) groups excluding carboxylic acids is 1. The fraction of sp³-hybridized carbons (Fsp3) is 0.286. The minimum absolute atomic E-state index is 0.0168. The van der Waals surface area contributed by atoms with Crippen LogP contribution in [0.3, 0.4) is 0 Å². The average Bonchev–Trinajstić information content (AvgIpc) is 2.85. The fourth-order valence-electron chi connectivity index (χ4n) is 2.22. The van der Waals surface area contributed by atoms with Gasteiger partial charge in [-0.1, -0.05) is 0 Å². The number of aromatic amines is 1. The van der Waals surface area contributed by atoms with Gasteiger partial charge in [-0.3, -0.25) is 9.89 Å². The van der Waals surface area contributed by atoms with Crippen molar-refractivity contribution < 1.29 is 31.5 Å². The molecule has 0 bridgehead atoms.